The molecule has 0 fully saturated rings. The number of nitrogens with one attached hydrogen (secondary N) is 2. The molecule has 2 aromatic rings. The van der Waals surface area contributed by atoms with Crippen LogP contribution in [0.25, 0.3) is 0 Å². The fourth-order valence-corrected chi connectivity index (χ4v) is 1.88. The normalized spacial score (nSPS) is 10.2. The molecule has 0 saturated carbocycles. The quantitative estimate of drug-likeness (QED) is 0.540. The second-order valence-corrected chi connectivity index (χ2v) is 4.11. The average Bonchev–Trinajstić information content (AvgIpc) is 2.52. The van der Waals surface area contributed by atoms with Gasteiger partial charge in [0, 0.05) is 24.4 Å². The molecule has 2 heterocycles. The summed E-state index contributed by atoms with van der Waals surface area (Å²) in [5, 5.41) is 3.28. The number of aromatic nitrogens is 3. The Kier molecular flexibility index (Phi) is 4.67. The van der Waals surface area contributed by atoms with Crippen LogP contribution >= 0.6 is 0 Å². The van der Waals surface area contributed by atoms with Gasteiger partial charge in [0.1, 0.15) is 18.0 Å². The number of methoxy groups -OCH3 is 1. The van der Waals surface area contributed by atoms with Gasteiger partial charge in [0.15, 0.2) is 0 Å². The Balaban J connectivity index is 2.14. The summed E-state index contributed by atoms with van der Waals surface area (Å²) >= 11 is 0. The Labute approximate surface area is 117 Å². The standard InChI is InChI=1S/C13H18N6O/c1-3-10-12(17-8-18-13(10)19-14)16-7-9-4-5-15-11(6-9)20-2/h4-6,8H,3,7,14H2,1-2H3,(H2,16,17,18,19). The molecule has 0 unspecified atom stereocenters. The van der Waals surface area contributed by atoms with Crippen molar-refractivity contribution < 1.29 is 4.74 Å². The minimum absolute atomic E-state index is 0.590. The lowest BCUT2D eigenvalue weighted by Gasteiger charge is -2.12. The lowest BCUT2D eigenvalue weighted by molar-refractivity contribution is 0.397. The van der Waals surface area contributed by atoms with Crippen LogP contribution in [0.2, 0.25) is 0 Å². The summed E-state index contributed by atoms with van der Waals surface area (Å²) in [6.45, 7) is 2.65. The maximum atomic E-state index is 5.45. The first-order valence-electron chi connectivity index (χ1n) is 6.31. The Bertz CT molecular complexity index is 575. The molecule has 0 bridgehead atoms. The summed E-state index contributed by atoms with van der Waals surface area (Å²) in [4.78, 5) is 12.4. The van der Waals surface area contributed by atoms with Crippen molar-refractivity contribution in [1.29, 1.82) is 0 Å². The van der Waals surface area contributed by atoms with E-state index in [4.69, 9.17) is 10.6 Å². The molecule has 2 aromatic heterocycles. The summed E-state index contributed by atoms with van der Waals surface area (Å²) < 4.78 is 5.10. The molecule has 106 valence electrons. The second kappa shape index (κ2) is 6.67. The van der Waals surface area contributed by atoms with Gasteiger partial charge in [0.05, 0.1) is 7.11 Å². The highest BCUT2D eigenvalue weighted by Crippen LogP contribution is 2.20. The van der Waals surface area contributed by atoms with Gasteiger partial charge in [-0.15, -0.1) is 0 Å². The molecule has 0 radical (unpaired) electrons. The Morgan fingerprint density at radius 3 is 2.75 bits per heavy atom. The summed E-state index contributed by atoms with van der Waals surface area (Å²) in [6.07, 6.45) is 3.97. The highest BCUT2D eigenvalue weighted by Gasteiger charge is 2.08. The molecule has 7 nitrogen and oxygen atoms in total. The highest BCUT2D eigenvalue weighted by atomic mass is 16.5. The zero-order chi connectivity index (χ0) is 14.4. The molecule has 0 aliphatic carbocycles. The van der Waals surface area contributed by atoms with Gasteiger partial charge >= 0.3 is 0 Å². The summed E-state index contributed by atoms with van der Waals surface area (Å²) in [5.74, 6) is 7.44. The predicted molar refractivity (Wildman–Crippen MR) is 77.3 cm³/mol. The van der Waals surface area contributed by atoms with Crippen molar-refractivity contribution in [3.8, 4) is 5.88 Å². The minimum atomic E-state index is 0.590. The van der Waals surface area contributed by atoms with Crippen molar-refractivity contribution in [2.75, 3.05) is 17.9 Å². The van der Waals surface area contributed by atoms with Crippen molar-refractivity contribution in [3.63, 3.8) is 0 Å². The van der Waals surface area contributed by atoms with E-state index in [-0.39, 0.29) is 0 Å². The fraction of sp³-hybridized carbons (Fsp3) is 0.308. The lowest BCUT2D eigenvalue weighted by atomic mass is 10.2. The first-order chi connectivity index (χ1) is 9.78. The molecule has 20 heavy (non-hydrogen) atoms. The van der Waals surface area contributed by atoms with Crippen LogP contribution in [0.5, 0.6) is 5.88 Å². The van der Waals surface area contributed by atoms with Crippen molar-refractivity contribution in [2.24, 2.45) is 5.84 Å². The zero-order valence-electron chi connectivity index (χ0n) is 11.6. The van der Waals surface area contributed by atoms with Crippen molar-refractivity contribution in [1.82, 2.24) is 15.0 Å². The largest absolute Gasteiger partial charge is 0.481 e. The summed E-state index contributed by atoms with van der Waals surface area (Å²) in [6, 6.07) is 3.80. The average molecular weight is 274 g/mol. The Hall–Kier alpha value is -2.41. The molecular weight excluding hydrogens is 256 g/mol. The first-order valence-corrected chi connectivity index (χ1v) is 6.31. The van der Waals surface area contributed by atoms with Crippen LogP contribution in [0.1, 0.15) is 18.1 Å². The van der Waals surface area contributed by atoms with E-state index < -0.39 is 0 Å². The number of nitrogens with two attached hydrogens (primary N) is 1. The van der Waals surface area contributed by atoms with Crippen LogP contribution < -0.4 is 21.3 Å². The molecule has 2 rings (SSSR count). The third-order valence-corrected chi connectivity index (χ3v) is 2.90. The topological polar surface area (TPSA) is 98.0 Å². The molecule has 0 saturated heterocycles. The number of pyridine rings is 1. The zero-order valence-corrected chi connectivity index (χ0v) is 11.6. The van der Waals surface area contributed by atoms with Gasteiger partial charge in [0.2, 0.25) is 5.88 Å². The van der Waals surface area contributed by atoms with Gasteiger partial charge in [-0.25, -0.2) is 20.8 Å². The fourth-order valence-electron chi connectivity index (χ4n) is 1.88. The summed E-state index contributed by atoms with van der Waals surface area (Å²) in [7, 11) is 1.60. The van der Waals surface area contributed by atoms with Crippen molar-refractivity contribution in [2.45, 2.75) is 19.9 Å². The molecule has 0 aliphatic rings. The van der Waals surface area contributed by atoms with Crippen LogP contribution in [0.3, 0.4) is 0 Å². The van der Waals surface area contributed by atoms with E-state index in [2.05, 4.69) is 25.7 Å². The molecule has 0 amide bonds. The first kappa shape index (κ1) is 14.0. The molecule has 4 N–H and O–H groups in total. The summed E-state index contributed by atoms with van der Waals surface area (Å²) in [5.41, 5.74) is 4.59. The van der Waals surface area contributed by atoms with Crippen molar-refractivity contribution in [3.05, 3.63) is 35.8 Å². The molecule has 0 atom stereocenters. The Morgan fingerprint density at radius 2 is 2.05 bits per heavy atom. The van der Waals surface area contributed by atoms with Crippen LogP contribution in [-0.2, 0) is 13.0 Å². The van der Waals surface area contributed by atoms with Crippen LogP contribution in [0.15, 0.2) is 24.7 Å². The lowest BCUT2D eigenvalue weighted by Crippen LogP contribution is -2.14. The number of nitrogen functional groups attached to an aromatic ring is 1. The van der Waals surface area contributed by atoms with Crippen LogP contribution in [0, 0.1) is 0 Å². The van der Waals surface area contributed by atoms with E-state index in [0.29, 0.717) is 18.2 Å². The number of hydrazine groups is 1. The smallest absolute Gasteiger partial charge is 0.213 e. The molecule has 0 aromatic carbocycles. The molecule has 7 heteroatoms. The highest BCUT2D eigenvalue weighted by molar-refractivity contribution is 5.56. The maximum Gasteiger partial charge on any atom is 0.213 e. The molecule has 0 spiro atoms. The third-order valence-electron chi connectivity index (χ3n) is 2.90. The van der Waals surface area contributed by atoms with Gasteiger partial charge in [0.25, 0.3) is 0 Å². The number of rotatable bonds is 6. The number of ether oxygens (including phenoxy) is 1. The Morgan fingerprint density at radius 1 is 1.25 bits per heavy atom. The monoisotopic (exact) mass is 274 g/mol. The van der Waals surface area contributed by atoms with E-state index in [9.17, 15) is 0 Å². The minimum Gasteiger partial charge on any atom is -0.481 e. The van der Waals surface area contributed by atoms with E-state index in [0.717, 1.165) is 23.4 Å². The number of nitrogens with zero attached hydrogens (tertiary/aromatic N) is 3. The van der Waals surface area contributed by atoms with Crippen LogP contribution in [0.4, 0.5) is 11.6 Å². The number of hydrogen-bond acceptors (Lipinski definition) is 7. The maximum absolute atomic E-state index is 5.45. The number of hydrogen-bond donors (Lipinski definition) is 3. The van der Waals surface area contributed by atoms with Crippen LogP contribution in [-0.4, -0.2) is 22.1 Å². The van der Waals surface area contributed by atoms with Gasteiger partial charge in [-0.2, -0.15) is 0 Å². The number of anilines is 2. The molecule has 0 aliphatic heterocycles. The van der Waals surface area contributed by atoms with Gasteiger partial charge in [-0.05, 0) is 18.1 Å². The van der Waals surface area contributed by atoms with Gasteiger partial charge < -0.3 is 15.5 Å². The van der Waals surface area contributed by atoms with E-state index in [1.165, 1.54) is 6.33 Å². The third kappa shape index (κ3) is 3.12. The predicted octanol–water partition coefficient (Wildman–Crippen LogP) is 1.34. The second-order valence-electron chi connectivity index (χ2n) is 4.11. The van der Waals surface area contributed by atoms with Crippen molar-refractivity contribution >= 4 is 11.6 Å². The van der Waals surface area contributed by atoms with E-state index in [1.54, 1.807) is 13.3 Å². The van der Waals surface area contributed by atoms with Gasteiger partial charge in [-0.3, -0.25) is 0 Å². The SMILES string of the molecule is CCc1c(NN)ncnc1NCc1ccnc(OC)c1. The van der Waals surface area contributed by atoms with E-state index in [1.807, 2.05) is 19.1 Å². The van der Waals surface area contributed by atoms with E-state index >= 15 is 0 Å². The molecular formula is C13H18N6O. The van der Waals surface area contributed by atoms with Gasteiger partial charge in [-0.1, -0.05) is 6.92 Å².